The van der Waals surface area contributed by atoms with Crippen molar-refractivity contribution < 1.29 is 27.8 Å². The van der Waals surface area contributed by atoms with Crippen LogP contribution in [0.1, 0.15) is 15.9 Å². The van der Waals surface area contributed by atoms with Crippen molar-refractivity contribution in [3.8, 4) is 0 Å². The van der Waals surface area contributed by atoms with Crippen molar-refractivity contribution in [1.82, 2.24) is 0 Å². The highest BCUT2D eigenvalue weighted by molar-refractivity contribution is 9.10. The molecule has 0 aliphatic heterocycles. The number of benzene rings is 3. The highest BCUT2D eigenvalue weighted by Crippen LogP contribution is 2.28. The number of amides is 1. The number of carbonyl (C=O) groups excluding carboxylic acids is 2. The lowest BCUT2D eigenvalue weighted by Gasteiger charge is -2.12. The Morgan fingerprint density at radius 1 is 1.07 bits per heavy atom. The minimum absolute atomic E-state index is 0.0749. The number of carbonyl (C=O) groups is 2. The molecule has 0 aliphatic carbocycles. The van der Waals surface area contributed by atoms with Gasteiger partial charge in [-0.3, -0.25) is 5.32 Å². The maximum absolute atomic E-state index is 13.5. The lowest BCUT2D eigenvalue weighted by molar-refractivity contribution is 0.0601. The molecule has 0 aliphatic rings. The summed E-state index contributed by atoms with van der Waals surface area (Å²) in [7, 11) is 1.09. The molecule has 0 aromatic heterocycles. The normalized spacial score (nSPS) is 10.6. The van der Waals surface area contributed by atoms with Gasteiger partial charge in [0.15, 0.2) is 11.6 Å². The van der Waals surface area contributed by atoms with E-state index >= 15 is 0 Å². The number of hydrogen-bond acceptors (Lipinski definition) is 4. The molecule has 0 saturated heterocycles. The van der Waals surface area contributed by atoms with Crippen LogP contribution in [-0.4, -0.2) is 19.2 Å². The van der Waals surface area contributed by atoms with Crippen molar-refractivity contribution in [2.45, 2.75) is 6.61 Å². The molecule has 0 fully saturated rings. The monoisotopic (exact) mass is 449 g/mol. The van der Waals surface area contributed by atoms with Crippen molar-refractivity contribution in [3.05, 3.63) is 75.8 Å². The second-order valence-corrected chi connectivity index (χ2v) is 6.56. The summed E-state index contributed by atoms with van der Waals surface area (Å²) in [4.78, 5) is 23.8. The van der Waals surface area contributed by atoms with Crippen LogP contribution < -0.4 is 5.32 Å². The van der Waals surface area contributed by atoms with E-state index in [0.717, 1.165) is 22.4 Å². The fraction of sp³-hybridized carbons (Fsp3) is 0.100. The van der Waals surface area contributed by atoms with Crippen LogP contribution in [0.4, 0.5) is 19.3 Å². The van der Waals surface area contributed by atoms with E-state index in [4.69, 9.17) is 4.74 Å². The summed E-state index contributed by atoms with van der Waals surface area (Å²) in [5.74, 6) is -3.38. The summed E-state index contributed by atoms with van der Waals surface area (Å²) < 4.78 is 37.4. The summed E-state index contributed by atoms with van der Waals surface area (Å²) in [6.07, 6.45) is -0.934. The number of hydrogen-bond donors (Lipinski definition) is 1. The minimum Gasteiger partial charge on any atom is -0.465 e. The zero-order chi connectivity index (χ0) is 20.3. The average molecular weight is 450 g/mol. The number of methoxy groups -OCH3 is 1. The van der Waals surface area contributed by atoms with Crippen LogP contribution in [0.3, 0.4) is 0 Å². The maximum atomic E-state index is 13.5. The highest BCUT2D eigenvalue weighted by atomic mass is 79.9. The van der Waals surface area contributed by atoms with Crippen LogP contribution in [-0.2, 0) is 16.1 Å². The fourth-order valence-corrected chi connectivity index (χ4v) is 3.22. The van der Waals surface area contributed by atoms with Crippen LogP contribution in [0.5, 0.6) is 0 Å². The van der Waals surface area contributed by atoms with Gasteiger partial charge in [0, 0.05) is 16.1 Å². The van der Waals surface area contributed by atoms with Gasteiger partial charge in [-0.05, 0) is 32.8 Å². The van der Waals surface area contributed by atoms with Crippen LogP contribution in [0.15, 0.2) is 53.0 Å². The van der Waals surface area contributed by atoms with Gasteiger partial charge in [-0.1, -0.05) is 36.4 Å². The summed E-state index contributed by atoms with van der Waals surface area (Å²) >= 11 is 3.49. The maximum Gasteiger partial charge on any atom is 0.411 e. The SMILES string of the molecule is COC(=O)c1cc(F)c(F)cc1NC(=O)OCc1ccc2ccccc2c1Br. The number of nitrogens with one attached hydrogen (secondary N) is 1. The largest absolute Gasteiger partial charge is 0.465 e. The van der Waals surface area contributed by atoms with Crippen LogP contribution in [0.25, 0.3) is 10.8 Å². The fourth-order valence-electron chi connectivity index (χ4n) is 2.61. The summed E-state index contributed by atoms with van der Waals surface area (Å²) in [6.45, 7) is -0.0749. The van der Waals surface area contributed by atoms with E-state index in [-0.39, 0.29) is 17.9 Å². The van der Waals surface area contributed by atoms with Gasteiger partial charge in [0.1, 0.15) is 6.61 Å². The molecule has 0 bridgehead atoms. The molecule has 28 heavy (non-hydrogen) atoms. The third kappa shape index (κ3) is 4.12. The second-order valence-electron chi connectivity index (χ2n) is 5.76. The van der Waals surface area contributed by atoms with E-state index in [1.165, 1.54) is 0 Å². The first kappa shape index (κ1) is 19.8. The number of halogens is 3. The molecular formula is C20H14BrF2NO4. The molecule has 144 valence electrons. The third-order valence-electron chi connectivity index (χ3n) is 4.00. The van der Waals surface area contributed by atoms with Gasteiger partial charge in [-0.15, -0.1) is 0 Å². The number of ether oxygens (including phenoxy) is 2. The second kappa shape index (κ2) is 8.35. The van der Waals surface area contributed by atoms with Crippen molar-refractivity contribution in [1.29, 1.82) is 0 Å². The van der Waals surface area contributed by atoms with E-state index in [1.54, 1.807) is 6.07 Å². The van der Waals surface area contributed by atoms with Crippen molar-refractivity contribution in [2.24, 2.45) is 0 Å². The number of anilines is 1. The number of fused-ring (bicyclic) bond motifs is 1. The predicted octanol–water partition coefficient (Wildman–Crippen LogP) is 5.42. The summed E-state index contributed by atoms with van der Waals surface area (Å²) in [6, 6.07) is 12.7. The zero-order valence-corrected chi connectivity index (χ0v) is 16.2. The molecule has 0 unspecified atom stereocenters. The van der Waals surface area contributed by atoms with Crippen LogP contribution in [0, 0.1) is 11.6 Å². The van der Waals surface area contributed by atoms with Crippen molar-refractivity contribution in [2.75, 3.05) is 12.4 Å². The van der Waals surface area contributed by atoms with E-state index in [2.05, 4.69) is 26.0 Å². The van der Waals surface area contributed by atoms with Gasteiger partial charge >= 0.3 is 12.1 Å². The van der Waals surface area contributed by atoms with Crippen molar-refractivity contribution in [3.63, 3.8) is 0 Å². The molecule has 3 aromatic carbocycles. The van der Waals surface area contributed by atoms with Crippen LogP contribution >= 0.6 is 15.9 Å². The molecule has 3 rings (SSSR count). The van der Waals surface area contributed by atoms with Gasteiger partial charge in [-0.2, -0.15) is 0 Å². The Hall–Kier alpha value is -3.00. The Morgan fingerprint density at radius 2 is 1.79 bits per heavy atom. The first-order valence-electron chi connectivity index (χ1n) is 8.08. The predicted molar refractivity (Wildman–Crippen MR) is 103 cm³/mol. The summed E-state index contributed by atoms with van der Waals surface area (Å²) in [5, 5.41) is 4.21. The Labute approximate surface area is 167 Å². The molecule has 3 aromatic rings. The van der Waals surface area contributed by atoms with E-state index in [1.807, 2.05) is 30.3 Å². The van der Waals surface area contributed by atoms with Gasteiger partial charge in [0.25, 0.3) is 0 Å². The minimum atomic E-state index is -1.24. The Morgan fingerprint density at radius 3 is 2.54 bits per heavy atom. The molecule has 0 heterocycles. The number of esters is 1. The third-order valence-corrected chi connectivity index (χ3v) is 4.94. The van der Waals surface area contributed by atoms with Crippen LogP contribution in [0.2, 0.25) is 0 Å². The van der Waals surface area contributed by atoms with E-state index in [0.29, 0.717) is 17.7 Å². The Kier molecular flexibility index (Phi) is 5.89. The van der Waals surface area contributed by atoms with E-state index < -0.39 is 23.7 Å². The standard InChI is InChI=1S/C20H14BrF2NO4/c1-27-19(25)14-8-15(22)16(23)9-17(14)24-20(26)28-10-12-7-6-11-4-2-3-5-13(11)18(12)21/h2-9H,10H2,1H3,(H,24,26). The molecule has 1 N–H and O–H groups in total. The molecule has 0 spiro atoms. The van der Waals surface area contributed by atoms with Gasteiger partial charge in [0.05, 0.1) is 18.4 Å². The van der Waals surface area contributed by atoms with E-state index in [9.17, 15) is 18.4 Å². The molecule has 0 atom stereocenters. The van der Waals surface area contributed by atoms with Crippen molar-refractivity contribution >= 4 is 44.5 Å². The quantitative estimate of drug-likeness (QED) is 0.540. The lowest BCUT2D eigenvalue weighted by atomic mass is 10.1. The molecular weight excluding hydrogens is 436 g/mol. The molecule has 0 radical (unpaired) electrons. The molecule has 0 saturated carbocycles. The Balaban J connectivity index is 1.76. The lowest BCUT2D eigenvalue weighted by Crippen LogP contribution is -2.17. The molecule has 8 heteroatoms. The Bertz CT molecular complexity index is 1070. The van der Waals surface area contributed by atoms with Gasteiger partial charge < -0.3 is 9.47 Å². The topological polar surface area (TPSA) is 64.6 Å². The first-order valence-corrected chi connectivity index (χ1v) is 8.87. The number of rotatable bonds is 4. The average Bonchev–Trinajstić information content (AvgIpc) is 2.69. The summed E-state index contributed by atoms with van der Waals surface area (Å²) in [5.41, 5.74) is 0.130. The molecule has 5 nitrogen and oxygen atoms in total. The van der Waals surface area contributed by atoms with Gasteiger partial charge in [0.2, 0.25) is 0 Å². The smallest absolute Gasteiger partial charge is 0.411 e. The first-order chi connectivity index (χ1) is 13.4. The zero-order valence-electron chi connectivity index (χ0n) is 14.6. The van der Waals surface area contributed by atoms with Gasteiger partial charge in [-0.25, -0.2) is 18.4 Å². The molecule has 1 amide bonds. The highest BCUT2D eigenvalue weighted by Gasteiger charge is 2.19.